The lowest BCUT2D eigenvalue weighted by molar-refractivity contribution is -0.0512. The largest absolute Gasteiger partial charge is 0.493 e. The fourth-order valence-corrected chi connectivity index (χ4v) is 2.08. The summed E-state index contributed by atoms with van der Waals surface area (Å²) in [7, 11) is 1.35. The number of ether oxygens (including phenoxy) is 2. The highest BCUT2D eigenvalue weighted by Gasteiger charge is 2.10. The molecule has 6 heteroatoms. The number of hydrogen-bond donors (Lipinski definition) is 0. The Hall–Kier alpha value is -2.40. The third-order valence-electron chi connectivity index (χ3n) is 2.94. The molecule has 0 aliphatic heterocycles. The van der Waals surface area contributed by atoms with E-state index in [1.165, 1.54) is 25.3 Å². The van der Waals surface area contributed by atoms with Crippen LogP contribution in [0.5, 0.6) is 11.5 Å². The number of rotatable bonds is 6. The van der Waals surface area contributed by atoms with Gasteiger partial charge in [0.1, 0.15) is 0 Å². The number of hydrogen-bond acceptors (Lipinski definition) is 3. The van der Waals surface area contributed by atoms with Crippen LogP contribution >= 0.6 is 11.6 Å². The molecule has 0 aromatic heterocycles. The smallest absolute Gasteiger partial charge is 0.387 e. The van der Waals surface area contributed by atoms with Crippen molar-refractivity contribution >= 4 is 23.5 Å². The second-order valence-corrected chi connectivity index (χ2v) is 4.93. The first-order valence-electron chi connectivity index (χ1n) is 6.60. The number of methoxy groups -OCH3 is 1. The highest BCUT2D eigenvalue weighted by Crippen LogP contribution is 2.29. The van der Waals surface area contributed by atoms with Crippen molar-refractivity contribution in [1.29, 1.82) is 0 Å². The molecule has 0 saturated heterocycles. The first kappa shape index (κ1) is 17.0. The van der Waals surface area contributed by atoms with Crippen LogP contribution in [0.1, 0.15) is 15.9 Å². The molecule has 0 radical (unpaired) electrons. The number of alkyl halides is 2. The summed E-state index contributed by atoms with van der Waals surface area (Å²) in [6, 6.07) is 11.0. The molecule has 0 heterocycles. The van der Waals surface area contributed by atoms with E-state index in [4.69, 9.17) is 16.3 Å². The molecule has 0 aliphatic carbocycles. The van der Waals surface area contributed by atoms with Crippen molar-refractivity contribution in [3.8, 4) is 11.5 Å². The molecule has 0 saturated carbocycles. The molecule has 0 N–H and O–H groups in total. The first-order valence-corrected chi connectivity index (χ1v) is 6.98. The molecule has 3 nitrogen and oxygen atoms in total. The second kappa shape index (κ2) is 7.74. The molecule has 23 heavy (non-hydrogen) atoms. The summed E-state index contributed by atoms with van der Waals surface area (Å²) in [4.78, 5) is 12.0. The Kier molecular flexibility index (Phi) is 5.71. The Morgan fingerprint density at radius 1 is 1.17 bits per heavy atom. The van der Waals surface area contributed by atoms with Gasteiger partial charge in [-0.15, -0.1) is 0 Å². The topological polar surface area (TPSA) is 35.5 Å². The Morgan fingerprint density at radius 3 is 2.61 bits per heavy atom. The van der Waals surface area contributed by atoms with Crippen molar-refractivity contribution in [3.63, 3.8) is 0 Å². The van der Waals surface area contributed by atoms with Crippen LogP contribution in [0, 0.1) is 0 Å². The van der Waals surface area contributed by atoms with Gasteiger partial charge in [0.05, 0.1) is 7.11 Å². The molecule has 2 aromatic carbocycles. The zero-order valence-electron chi connectivity index (χ0n) is 12.1. The number of allylic oxidation sites excluding steroid dienone is 1. The fourth-order valence-electron chi connectivity index (χ4n) is 1.89. The van der Waals surface area contributed by atoms with Crippen molar-refractivity contribution in [2.45, 2.75) is 6.61 Å². The highest BCUT2D eigenvalue weighted by atomic mass is 35.5. The average Bonchev–Trinajstić information content (AvgIpc) is 2.53. The Morgan fingerprint density at radius 2 is 1.96 bits per heavy atom. The van der Waals surface area contributed by atoms with E-state index in [9.17, 15) is 13.6 Å². The van der Waals surface area contributed by atoms with Gasteiger partial charge in [-0.2, -0.15) is 8.78 Å². The normalized spacial score (nSPS) is 11.0. The predicted octanol–water partition coefficient (Wildman–Crippen LogP) is 4.85. The van der Waals surface area contributed by atoms with E-state index < -0.39 is 6.61 Å². The predicted molar refractivity (Wildman–Crippen MR) is 84.4 cm³/mol. The summed E-state index contributed by atoms with van der Waals surface area (Å²) in [5.74, 6) is -0.136. The zero-order valence-corrected chi connectivity index (χ0v) is 12.9. The van der Waals surface area contributed by atoms with Crippen molar-refractivity contribution in [3.05, 3.63) is 64.7 Å². The molecule has 0 atom stereocenters. The van der Waals surface area contributed by atoms with Crippen molar-refractivity contribution in [1.82, 2.24) is 0 Å². The highest BCUT2D eigenvalue weighted by molar-refractivity contribution is 6.31. The fraction of sp³-hybridized carbons (Fsp3) is 0.118. The van der Waals surface area contributed by atoms with Gasteiger partial charge >= 0.3 is 6.61 Å². The summed E-state index contributed by atoms with van der Waals surface area (Å²) in [5, 5.41) is 0.472. The molecule has 0 spiro atoms. The molecule has 0 unspecified atom stereocenters. The lowest BCUT2D eigenvalue weighted by Crippen LogP contribution is -2.03. The van der Waals surface area contributed by atoms with Gasteiger partial charge in [-0.25, -0.2) is 0 Å². The van der Waals surface area contributed by atoms with Crippen LogP contribution in [0.3, 0.4) is 0 Å². The molecule has 2 aromatic rings. The van der Waals surface area contributed by atoms with Gasteiger partial charge < -0.3 is 9.47 Å². The average molecular weight is 339 g/mol. The Labute approximate surface area is 137 Å². The monoisotopic (exact) mass is 338 g/mol. The van der Waals surface area contributed by atoms with Crippen LogP contribution in [0.2, 0.25) is 5.02 Å². The van der Waals surface area contributed by atoms with Gasteiger partial charge in [-0.1, -0.05) is 35.9 Å². The summed E-state index contributed by atoms with van der Waals surface area (Å²) in [5.41, 5.74) is 1.07. The SMILES string of the molecule is COc1cc(/C=C/C(=O)c2cccc(Cl)c2)ccc1OC(F)F. The number of carbonyl (C=O) groups excluding carboxylic acids is 1. The zero-order chi connectivity index (χ0) is 16.8. The minimum absolute atomic E-state index is 0.0687. The third kappa shape index (κ3) is 4.79. The van der Waals surface area contributed by atoms with Gasteiger partial charge in [0.2, 0.25) is 0 Å². The minimum Gasteiger partial charge on any atom is -0.493 e. The number of ketones is 1. The van der Waals surface area contributed by atoms with Crippen molar-refractivity contribution in [2.24, 2.45) is 0 Å². The van der Waals surface area contributed by atoms with E-state index in [1.807, 2.05) is 0 Å². The number of carbonyl (C=O) groups is 1. The number of halogens is 3. The molecule has 120 valence electrons. The lowest BCUT2D eigenvalue weighted by Gasteiger charge is -2.10. The van der Waals surface area contributed by atoms with Gasteiger partial charge in [-0.05, 0) is 35.9 Å². The Balaban J connectivity index is 2.17. The maximum Gasteiger partial charge on any atom is 0.387 e. The van der Waals surface area contributed by atoms with Gasteiger partial charge in [0.15, 0.2) is 17.3 Å². The van der Waals surface area contributed by atoms with Gasteiger partial charge in [-0.3, -0.25) is 4.79 Å². The van der Waals surface area contributed by atoms with Crippen LogP contribution in [0.25, 0.3) is 6.08 Å². The quantitative estimate of drug-likeness (QED) is 0.558. The molecule has 0 aliphatic rings. The Bertz CT molecular complexity index is 730. The molecule has 0 amide bonds. The molecule has 0 bridgehead atoms. The molecular weight excluding hydrogens is 326 g/mol. The maximum absolute atomic E-state index is 12.3. The summed E-state index contributed by atoms with van der Waals surface area (Å²) < 4.78 is 33.9. The molecular formula is C17H13ClF2O3. The summed E-state index contributed by atoms with van der Waals surface area (Å²) >= 11 is 5.84. The summed E-state index contributed by atoms with van der Waals surface area (Å²) in [6.45, 7) is -2.94. The van der Waals surface area contributed by atoms with E-state index >= 15 is 0 Å². The molecule has 2 rings (SSSR count). The lowest BCUT2D eigenvalue weighted by atomic mass is 10.1. The van der Waals surface area contributed by atoms with Gasteiger partial charge in [0.25, 0.3) is 0 Å². The van der Waals surface area contributed by atoms with Crippen LogP contribution in [0.4, 0.5) is 8.78 Å². The summed E-state index contributed by atoms with van der Waals surface area (Å²) in [6.07, 6.45) is 2.92. The maximum atomic E-state index is 12.3. The second-order valence-electron chi connectivity index (χ2n) is 4.50. The van der Waals surface area contributed by atoms with E-state index in [0.29, 0.717) is 16.1 Å². The van der Waals surface area contributed by atoms with Gasteiger partial charge in [0, 0.05) is 10.6 Å². The minimum atomic E-state index is -2.94. The van der Waals surface area contributed by atoms with Crippen LogP contribution in [0.15, 0.2) is 48.5 Å². The van der Waals surface area contributed by atoms with Crippen molar-refractivity contribution in [2.75, 3.05) is 7.11 Å². The van der Waals surface area contributed by atoms with E-state index in [-0.39, 0.29) is 17.3 Å². The van der Waals surface area contributed by atoms with Crippen LogP contribution < -0.4 is 9.47 Å². The van der Waals surface area contributed by atoms with Crippen LogP contribution in [-0.4, -0.2) is 19.5 Å². The number of benzene rings is 2. The standard InChI is InChI=1S/C17H13ClF2O3/c1-22-16-9-11(6-8-15(16)23-17(19)20)5-7-14(21)12-3-2-4-13(18)10-12/h2-10,17H,1H3/b7-5+. The van der Waals surface area contributed by atoms with E-state index in [1.54, 1.807) is 36.4 Å². The molecule has 0 fully saturated rings. The van der Waals surface area contributed by atoms with E-state index in [0.717, 1.165) is 0 Å². The first-order chi connectivity index (χ1) is 11.0. The third-order valence-corrected chi connectivity index (χ3v) is 3.18. The van der Waals surface area contributed by atoms with Crippen molar-refractivity contribution < 1.29 is 23.0 Å². The van der Waals surface area contributed by atoms with Crippen LogP contribution in [-0.2, 0) is 0 Å². The van der Waals surface area contributed by atoms with E-state index in [2.05, 4.69) is 4.74 Å².